The smallest absolute Gasteiger partial charge is 0.324 e. The van der Waals surface area contributed by atoms with E-state index in [1.807, 2.05) is 0 Å². The molecule has 0 saturated carbocycles. The summed E-state index contributed by atoms with van der Waals surface area (Å²) in [6, 6.07) is 4.61. The van der Waals surface area contributed by atoms with E-state index in [1.54, 1.807) is 18.2 Å². The monoisotopic (exact) mass is 238 g/mol. The Morgan fingerprint density at radius 3 is 2.50 bits per heavy atom. The number of aromatic nitrogens is 3. The molecule has 6 nitrogen and oxygen atoms in total. The zero-order valence-electron chi connectivity index (χ0n) is 8.22. The highest BCUT2D eigenvalue weighted by Gasteiger charge is 1.91. The van der Waals surface area contributed by atoms with E-state index in [1.165, 1.54) is 29.5 Å². The number of hydrogen-bond donors (Lipinski definition) is 2. The number of carbonyl (C=O) groups is 1. The Hall–Kier alpha value is -2.15. The van der Waals surface area contributed by atoms with Crippen molar-refractivity contribution in [3.05, 3.63) is 47.8 Å². The summed E-state index contributed by atoms with van der Waals surface area (Å²) < 4.78 is 2.52. The van der Waals surface area contributed by atoms with Gasteiger partial charge >= 0.3 is 6.03 Å². The Kier molecular flexibility index (Phi) is 4.22. The molecule has 2 heterocycles. The number of carbonyl (C=O) groups excluding carboxylic acids is 1. The van der Waals surface area contributed by atoms with Crippen molar-refractivity contribution in [3.8, 4) is 0 Å². The lowest BCUT2D eigenvalue weighted by atomic mass is 10.5. The summed E-state index contributed by atoms with van der Waals surface area (Å²) in [6.45, 7) is 0. The second kappa shape index (κ2) is 5.66. The van der Waals surface area contributed by atoms with E-state index in [4.69, 9.17) is 10.9 Å². The van der Waals surface area contributed by atoms with Crippen LogP contribution in [0.2, 0.25) is 0 Å². The van der Waals surface area contributed by atoms with Gasteiger partial charge in [0.1, 0.15) is 11.0 Å². The molecular formula is C9H10N4O2S. The number of primary amides is 1. The number of amides is 1. The van der Waals surface area contributed by atoms with Crippen molar-refractivity contribution in [2.24, 2.45) is 5.73 Å². The quantitative estimate of drug-likeness (QED) is 0.534. The minimum absolute atomic E-state index is 0.424. The largest absolute Gasteiger partial charge is 0.428 e. The molecule has 0 atom stereocenters. The highest BCUT2D eigenvalue weighted by molar-refractivity contribution is 7.71. The van der Waals surface area contributed by atoms with Crippen LogP contribution >= 0.6 is 12.2 Å². The van der Waals surface area contributed by atoms with E-state index in [-0.39, 0.29) is 0 Å². The molecule has 0 aliphatic rings. The van der Waals surface area contributed by atoms with E-state index in [0.717, 1.165) is 4.73 Å². The Balaban J connectivity index is 0.000000160. The van der Waals surface area contributed by atoms with Gasteiger partial charge in [0.2, 0.25) is 0 Å². The Morgan fingerprint density at radius 2 is 2.19 bits per heavy atom. The van der Waals surface area contributed by atoms with Crippen molar-refractivity contribution in [2.75, 3.05) is 0 Å². The molecule has 2 aromatic rings. The highest BCUT2D eigenvalue weighted by atomic mass is 32.1. The van der Waals surface area contributed by atoms with Gasteiger partial charge in [0.05, 0.1) is 0 Å². The van der Waals surface area contributed by atoms with Gasteiger partial charge in [0.25, 0.3) is 0 Å². The van der Waals surface area contributed by atoms with Gasteiger partial charge in [-0.25, -0.2) is 9.78 Å². The first-order valence-corrected chi connectivity index (χ1v) is 4.67. The molecule has 0 fully saturated rings. The summed E-state index contributed by atoms with van der Waals surface area (Å²) in [7, 11) is 0. The minimum atomic E-state index is -0.512. The van der Waals surface area contributed by atoms with E-state index < -0.39 is 6.03 Å². The van der Waals surface area contributed by atoms with Crippen molar-refractivity contribution in [1.29, 1.82) is 0 Å². The van der Waals surface area contributed by atoms with Crippen LogP contribution in [0.5, 0.6) is 0 Å². The maximum absolute atomic E-state index is 10.2. The molecule has 1 amide bonds. The van der Waals surface area contributed by atoms with Gasteiger partial charge in [-0.1, -0.05) is 18.3 Å². The molecule has 0 radical (unpaired) electrons. The van der Waals surface area contributed by atoms with E-state index in [2.05, 4.69) is 17.2 Å². The van der Waals surface area contributed by atoms with Crippen molar-refractivity contribution >= 4 is 18.2 Å². The zero-order chi connectivity index (χ0) is 12.0. The second-order valence-electron chi connectivity index (χ2n) is 2.69. The molecule has 2 aromatic heterocycles. The number of nitrogens with zero attached hydrogens (tertiary/aromatic N) is 3. The SMILES string of the molecule is NC(=O)n1ccnc1.On1ccccc1=S. The first-order chi connectivity index (χ1) is 7.61. The van der Waals surface area contributed by atoms with Crippen molar-refractivity contribution in [1.82, 2.24) is 14.3 Å². The maximum Gasteiger partial charge on any atom is 0.324 e. The van der Waals surface area contributed by atoms with Crippen LogP contribution in [0.1, 0.15) is 0 Å². The lowest BCUT2D eigenvalue weighted by Gasteiger charge is -1.90. The van der Waals surface area contributed by atoms with Gasteiger partial charge in [-0.15, -0.1) is 0 Å². The Morgan fingerprint density at radius 1 is 1.44 bits per heavy atom. The molecule has 7 heteroatoms. The van der Waals surface area contributed by atoms with E-state index in [9.17, 15) is 4.79 Å². The molecule has 3 N–H and O–H groups in total. The van der Waals surface area contributed by atoms with Gasteiger partial charge in [0, 0.05) is 18.6 Å². The third-order valence-electron chi connectivity index (χ3n) is 1.56. The Bertz CT molecular complexity index is 506. The molecule has 0 bridgehead atoms. The number of imidazole rings is 1. The van der Waals surface area contributed by atoms with Crippen LogP contribution in [-0.2, 0) is 0 Å². The molecule has 0 unspecified atom stereocenters. The first kappa shape index (κ1) is 11.9. The predicted molar refractivity (Wildman–Crippen MR) is 59.7 cm³/mol. The third kappa shape index (κ3) is 3.54. The summed E-state index contributed by atoms with van der Waals surface area (Å²) in [6.07, 6.45) is 5.82. The van der Waals surface area contributed by atoms with Crippen LogP contribution in [-0.4, -0.2) is 25.5 Å². The third-order valence-corrected chi connectivity index (χ3v) is 1.89. The van der Waals surface area contributed by atoms with Gasteiger partial charge in [-0.05, 0) is 12.1 Å². The fraction of sp³-hybridized carbons (Fsp3) is 0. The normalized spacial score (nSPS) is 9.00. The van der Waals surface area contributed by atoms with Gasteiger partial charge < -0.3 is 10.9 Å². The van der Waals surface area contributed by atoms with Crippen LogP contribution in [0, 0.1) is 4.64 Å². The molecule has 2 rings (SSSR count). The van der Waals surface area contributed by atoms with E-state index >= 15 is 0 Å². The fourth-order valence-corrected chi connectivity index (χ4v) is 0.948. The Labute approximate surface area is 96.5 Å². The average molecular weight is 238 g/mol. The molecule has 0 spiro atoms. The van der Waals surface area contributed by atoms with Gasteiger partial charge in [-0.3, -0.25) is 4.57 Å². The summed E-state index contributed by atoms with van der Waals surface area (Å²) >= 11 is 4.67. The fourth-order valence-electron chi connectivity index (χ4n) is 0.808. The summed E-state index contributed by atoms with van der Waals surface area (Å²) in [5.41, 5.74) is 4.84. The lowest BCUT2D eigenvalue weighted by molar-refractivity contribution is 0.180. The molecule has 84 valence electrons. The molecule has 0 saturated heterocycles. The second-order valence-corrected chi connectivity index (χ2v) is 3.11. The maximum atomic E-state index is 10.2. The van der Waals surface area contributed by atoms with E-state index in [0.29, 0.717) is 4.64 Å². The average Bonchev–Trinajstić information content (AvgIpc) is 2.77. The first-order valence-electron chi connectivity index (χ1n) is 4.26. The van der Waals surface area contributed by atoms with Crippen LogP contribution in [0.4, 0.5) is 4.79 Å². The van der Waals surface area contributed by atoms with Crippen molar-refractivity contribution < 1.29 is 10.0 Å². The molecule has 0 aromatic carbocycles. The predicted octanol–water partition coefficient (Wildman–Crippen LogP) is 1.26. The van der Waals surface area contributed by atoms with Crippen molar-refractivity contribution in [3.63, 3.8) is 0 Å². The van der Waals surface area contributed by atoms with Gasteiger partial charge in [-0.2, -0.15) is 4.73 Å². The number of nitrogens with two attached hydrogens (primary N) is 1. The molecule has 0 aliphatic heterocycles. The standard InChI is InChI=1S/C5H5NOS.C4H5N3O/c7-6-4-2-1-3-5(6)8;5-4(8)7-2-1-6-3-7/h1-4,7H;1-3H,(H2,5,8). The number of pyridine rings is 1. The van der Waals surface area contributed by atoms with Crippen LogP contribution in [0.3, 0.4) is 0 Å². The molecule has 0 aliphatic carbocycles. The molecule has 16 heavy (non-hydrogen) atoms. The summed E-state index contributed by atoms with van der Waals surface area (Å²) in [5.74, 6) is 0. The van der Waals surface area contributed by atoms with Crippen LogP contribution in [0.15, 0.2) is 43.1 Å². The zero-order valence-corrected chi connectivity index (χ0v) is 9.04. The lowest BCUT2D eigenvalue weighted by Crippen LogP contribution is -2.17. The van der Waals surface area contributed by atoms with Crippen molar-refractivity contribution in [2.45, 2.75) is 0 Å². The number of hydrogen-bond acceptors (Lipinski definition) is 4. The topological polar surface area (TPSA) is 86.1 Å². The summed E-state index contributed by atoms with van der Waals surface area (Å²) in [4.78, 5) is 13.8. The van der Waals surface area contributed by atoms with Crippen LogP contribution in [0.25, 0.3) is 0 Å². The van der Waals surface area contributed by atoms with Gasteiger partial charge in [0.15, 0.2) is 0 Å². The minimum Gasteiger partial charge on any atom is -0.428 e. The highest BCUT2D eigenvalue weighted by Crippen LogP contribution is 1.86. The number of rotatable bonds is 0. The summed E-state index contributed by atoms with van der Waals surface area (Å²) in [5, 5.41) is 8.73. The van der Waals surface area contributed by atoms with Crippen LogP contribution < -0.4 is 5.73 Å². The molecular weight excluding hydrogens is 228 g/mol.